The van der Waals surface area contributed by atoms with Gasteiger partial charge in [0.25, 0.3) is 0 Å². The zero-order valence-electron chi connectivity index (χ0n) is 12.1. The summed E-state index contributed by atoms with van der Waals surface area (Å²) >= 11 is 1.73. The first-order valence-electron chi connectivity index (χ1n) is 7.38. The van der Waals surface area contributed by atoms with Crippen LogP contribution in [0.3, 0.4) is 0 Å². The van der Waals surface area contributed by atoms with Crippen LogP contribution in [0.4, 0.5) is 0 Å². The molecule has 0 bridgehead atoms. The highest BCUT2D eigenvalue weighted by Gasteiger charge is 2.14. The van der Waals surface area contributed by atoms with E-state index in [1.165, 1.54) is 10.1 Å². The molecular formula is C19H11N3S. The van der Waals surface area contributed by atoms with Crippen molar-refractivity contribution in [3.05, 3.63) is 67.1 Å². The summed E-state index contributed by atoms with van der Waals surface area (Å²) in [5, 5.41) is 3.45. The van der Waals surface area contributed by atoms with Crippen LogP contribution in [0.25, 0.3) is 42.5 Å². The fraction of sp³-hybridized carbons (Fsp3) is 0. The molecule has 0 saturated heterocycles. The van der Waals surface area contributed by atoms with Gasteiger partial charge in [0.15, 0.2) is 0 Å². The van der Waals surface area contributed by atoms with Crippen LogP contribution in [0.5, 0.6) is 0 Å². The maximum atomic E-state index is 4.64. The number of aromatic nitrogens is 3. The Balaban J connectivity index is 1.93. The monoisotopic (exact) mass is 313 g/mol. The molecule has 0 amide bonds. The van der Waals surface area contributed by atoms with Crippen LogP contribution in [0, 0.1) is 0 Å². The Morgan fingerprint density at radius 1 is 0.652 bits per heavy atom. The second kappa shape index (κ2) is 4.83. The van der Waals surface area contributed by atoms with Gasteiger partial charge in [-0.25, -0.2) is 0 Å². The molecule has 0 radical (unpaired) electrons. The van der Waals surface area contributed by atoms with Gasteiger partial charge in [-0.1, -0.05) is 24.3 Å². The third-order valence-electron chi connectivity index (χ3n) is 4.04. The van der Waals surface area contributed by atoms with Crippen molar-refractivity contribution >= 4 is 42.4 Å². The Kier molecular flexibility index (Phi) is 2.66. The number of rotatable bonds is 1. The lowest BCUT2D eigenvalue weighted by atomic mass is 10.1. The van der Waals surface area contributed by atoms with Gasteiger partial charge >= 0.3 is 0 Å². The van der Waals surface area contributed by atoms with Gasteiger partial charge in [0.1, 0.15) is 5.69 Å². The molecule has 0 aliphatic heterocycles. The van der Waals surface area contributed by atoms with Crippen molar-refractivity contribution in [3.63, 3.8) is 0 Å². The van der Waals surface area contributed by atoms with Gasteiger partial charge in [-0.15, -0.1) is 11.3 Å². The first-order chi connectivity index (χ1) is 11.4. The van der Waals surface area contributed by atoms with E-state index in [0.29, 0.717) is 0 Å². The second-order valence-corrected chi connectivity index (χ2v) is 6.42. The summed E-state index contributed by atoms with van der Waals surface area (Å²) in [6, 6.07) is 16.4. The highest BCUT2D eigenvalue weighted by molar-refractivity contribution is 7.26. The van der Waals surface area contributed by atoms with E-state index in [9.17, 15) is 0 Å². The maximum absolute atomic E-state index is 4.64. The number of hydrogen-bond acceptors (Lipinski definition) is 4. The van der Waals surface area contributed by atoms with Gasteiger partial charge in [-0.3, -0.25) is 15.0 Å². The third-order valence-corrected chi connectivity index (χ3v) is 5.21. The fourth-order valence-electron chi connectivity index (χ4n) is 3.00. The third kappa shape index (κ3) is 1.85. The molecule has 5 rings (SSSR count). The van der Waals surface area contributed by atoms with Crippen LogP contribution in [0.2, 0.25) is 0 Å². The number of hydrogen-bond donors (Lipinski definition) is 0. The van der Waals surface area contributed by atoms with Gasteiger partial charge in [-0.05, 0) is 29.7 Å². The molecule has 0 N–H and O–H groups in total. The smallest absolute Gasteiger partial charge is 0.107 e. The van der Waals surface area contributed by atoms with Gasteiger partial charge in [0.2, 0.25) is 0 Å². The zero-order valence-corrected chi connectivity index (χ0v) is 12.9. The van der Waals surface area contributed by atoms with Crippen LogP contribution in [0.15, 0.2) is 67.1 Å². The van der Waals surface area contributed by atoms with Gasteiger partial charge in [-0.2, -0.15) is 0 Å². The summed E-state index contributed by atoms with van der Waals surface area (Å²) in [7, 11) is 0. The van der Waals surface area contributed by atoms with Crippen molar-refractivity contribution in [1.29, 1.82) is 0 Å². The molecule has 3 nitrogen and oxygen atoms in total. The maximum Gasteiger partial charge on any atom is 0.107 e. The normalized spacial score (nSPS) is 11.5. The minimum atomic E-state index is 0.931. The Morgan fingerprint density at radius 3 is 2.52 bits per heavy atom. The average molecular weight is 313 g/mol. The van der Waals surface area contributed by atoms with E-state index in [2.05, 4.69) is 33.2 Å². The lowest BCUT2D eigenvalue weighted by molar-refractivity contribution is 1.29. The molecule has 108 valence electrons. The Labute approximate surface area is 136 Å². The molecule has 0 spiro atoms. The summed E-state index contributed by atoms with van der Waals surface area (Å²) in [4.78, 5) is 13.8. The summed E-state index contributed by atoms with van der Waals surface area (Å²) in [6.07, 6.45) is 5.54. The molecule has 4 heteroatoms. The first kappa shape index (κ1) is 12.7. The van der Waals surface area contributed by atoms with Crippen LogP contribution >= 0.6 is 11.3 Å². The molecule has 4 aromatic heterocycles. The number of benzene rings is 1. The van der Waals surface area contributed by atoms with E-state index in [1.54, 1.807) is 11.3 Å². The van der Waals surface area contributed by atoms with E-state index in [0.717, 1.165) is 32.4 Å². The molecule has 0 saturated carbocycles. The fourth-order valence-corrected chi connectivity index (χ4v) is 4.15. The summed E-state index contributed by atoms with van der Waals surface area (Å²) < 4.78 is 2.32. The first-order valence-corrected chi connectivity index (χ1v) is 8.20. The van der Waals surface area contributed by atoms with Crippen molar-refractivity contribution in [2.45, 2.75) is 0 Å². The lowest BCUT2D eigenvalue weighted by Gasteiger charge is -2.05. The van der Waals surface area contributed by atoms with E-state index in [1.807, 2.05) is 48.9 Å². The Bertz CT molecular complexity index is 1170. The summed E-state index contributed by atoms with van der Waals surface area (Å²) in [5.41, 5.74) is 2.90. The minimum absolute atomic E-state index is 0.931. The number of thiophene rings is 1. The van der Waals surface area contributed by atoms with Crippen LogP contribution in [-0.2, 0) is 0 Å². The van der Waals surface area contributed by atoms with E-state index in [4.69, 9.17) is 0 Å². The number of pyridine rings is 3. The predicted molar refractivity (Wildman–Crippen MR) is 95.7 cm³/mol. The molecule has 4 heterocycles. The second-order valence-electron chi connectivity index (χ2n) is 5.37. The lowest BCUT2D eigenvalue weighted by Crippen LogP contribution is -1.89. The molecule has 1 aromatic carbocycles. The van der Waals surface area contributed by atoms with Crippen LogP contribution in [-0.4, -0.2) is 15.0 Å². The van der Waals surface area contributed by atoms with Crippen molar-refractivity contribution in [1.82, 2.24) is 15.0 Å². The van der Waals surface area contributed by atoms with Gasteiger partial charge in [0, 0.05) is 29.4 Å². The van der Waals surface area contributed by atoms with Crippen LogP contribution < -0.4 is 0 Å². The summed E-state index contributed by atoms with van der Waals surface area (Å²) in [5.74, 6) is 0. The standard InChI is InChI=1S/C19H11N3S/c1-2-5-13-12(4-1)7-10-21-17(13)18-19-14(8-11-22-18)16-15(23-19)6-3-9-20-16/h1-11H. The number of fused-ring (bicyclic) bond motifs is 4. The summed E-state index contributed by atoms with van der Waals surface area (Å²) in [6.45, 7) is 0. The molecule has 0 unspecified atom stereocenters. The molecule has 0 aliphatic rings. The Hall–Kier alpha value is -2.85. The predicted octanol–water partition coefficient (Wildman–Crippen LogP) is 5.06. The Morgan fingerprint density at radius 2 is 1.52 bits per heavy atom. The quantitative estimate of drug-likeness (QED) is 0.434. The highest BCUT2D eigenvalue weighted by Crippen LogP contribution is 2.38. The van der Waals surface area contributed by atoms with E-state index in [-0.39, 0.29) is 0 Å². The highest BCUT2D eigenvalue weighted by atomic mass is 32.1. The van der Waals surface area contributed by atoms with Gasteiger partial charge < -0.3 is 0 Å². The molecule has 0 aliphatic carbocycles. The SMILES string of the molecule is c1ccc2c(-c3nccc4c3sc3cccnc34)nccc2c1. The van der Waals surface area contributed by atoms with E-state index < -0.39 is 0 Å². The molecular weight excluding hydrogens is 302 g/mol. The molecule has 23 heavy (non-hydrogen) atoms. The van der Waals surface area contributed by atoms with Crippen LogP contribution in [0.1, 0.15) is 0 Å². The van der Waals surface area contributed by atoms with Crippen molar-refractivity contribution in [2.24, 2.45) is 0 Å². The zero-order chi connectivity index (χ0) is 15.2. The van der Waals surface area contributed by atoms with Gasteiger partial charge in [0.05, 0.1) is 20.6 Å². The molecule has 5 aromatic rings. The molecule has 0 atom stereocenters. The average Bonchev–Trinajstić information content (AvgIpc) is 3.00. The van der Waals surface area contributed by atoms with Crippen molar-refractivity contribution in [2.75, 3.05) is 0 Å². The van der Waals surface area contributed by atoms with Crippen molar-refractivity contribution in [3.8, 4) is 11.4 Å². The largest absolute Gasteiger partial charge is 0.255 e. The minimum Gasteiger partial charge on any atom is -0.255 e. The number of nitrogens with zero attached hydrogens (tertiary/aromatic N) is 3. The van der Waals surface area contributed by atoms with E-state index >= 15 is 0 Å². The topological polar surface area (TPSA) is 38.7 Å². The van der Waals surface area contributed by atoms with Crippen molar-refractivity contribution < 1.29 is 0 Å². The molecule has 0 fully saturated rings.